The van der Waals surface area contributed by atoms with Gasteiger partial charge in [-0.25, -0.2) is 4.39 Å². The quantitative estimate of drug-likeness (QED) is 0.464. The minimum Gasteiger partial charge on any atom is -0.484 e. The number of alkyl halides is 3. The van der Waals surface area contributed by atoms with Gasteiger partial charge in [-0.2, -0.15) is 13.2 Å². The molecule has 0 aliphatic carbocycles. The third-order valence-electron chi connectivity index (χ3n) is 3.41. The van der Waals surface area contributed by atoms with E-state index >= 15 is 0 Å². The number of para-hydroxylation sites is 1. The highest BCUT2D eigenvalue weighted by Crippen LogP contribution is 2.22. The Morgan fingerprint density at radius 2 is 1.65 bits per heavy atom. The fraction of sp³-hybridized carbons (Fsp3) is 0.278. The normalized spacial score (nSPS) is 12.0. The summed E-state index contributed by atoms with van der Waals surface area (Å²) in [6.45, 7) is -0.690. The van der Waals surface area contributed by atoms with E-state index in [2.05, 4.69) is 15.6 Å². The van der Waals surface area contributed by atoms with Gasteiger partial charge in [0.15, 0.2) is 12.6 Å². The lowest BCUT2D eigenvalue weighted by Crippen LogP contribution is -2.36. The average Bonchev–Trinajstić information content (AvgIpc) is 2.61. The van der Waals surface area contributed by atoms with Gasteiger partial charge in [-0.3, -0.25) is 4.99 Å². The summed E-state index contributed by atoms with van der Waals surface area (Å²) in [5.74, 6) is 0.304. The molecular formula is C18H19F4N3O. The van der Waals surface area contributed by atoms with Crippen LogP contribution in [-0.2, 0) is 13.1 Å². The molecule has 0 atom stereocenters. The molecule has 0 radical (unpaired) electrons. The number of rotatable bonds is 6. The lowest BCUT2D eigenvalue weighted by atomic mass is 10.2. The lowest BCUT2D eigenvalue weighted by Gasteiger charge is -2.15. The minimum absolute atomic E-state index is 0.159. The third kappa shape index (κ3) is 6.62. The molecule has 0 saturated heterocycles. The Labute approximate surface area is 148 Å². The van der Waals surface area contributed by atoms with Crippen LogP contribution in [0.1, 0.15) is 11.1 Å². The highest BCUT2D eigenvalue weighted by atomic mass is 19.4. The monoisotopic (exact) mass is 369 g/mol. The van der Waals surface area contributed by atoms with Gasteiger partial charge < -0.3 is 15.4 Å². The van der Waals surface area contributed by atoms with Crippen LogP contribution < -0.4 is 15.4 Å². The van der Waals surface area contributed by atoms with Crippen LogP contribution in [0.25, 0.3) is 0 Å². The predicted octanol–water partition coefficient (Wildman–Crippen LogP) is 3.63. The summed E-state index contributed by atoms with van der Waals surface area (Å²) in [5.41, 5.74) is 1.43. The number of nitrogens with one attached hydrogen (secondary N) is 2. The van der Waals surface area contributed by atoms with E-state index in [4.69, 9.17) is 4.74 Å². The van der Waals surface area contributed by atoms with Crippen molar-refractivity contribution in [2.75, 3.05) is 13.7 Å². The molecule has 0 unspecified atom stereocenters. The van der Waals surface area contributed by atoms with Crippen LogP contribution in [0.2, 0.25) is 0 Å². The summed E-state index contributed by atoms with van der Waals surface area (Å²) in [4.78, 5) is 4.05. The smallest absolute Gasteiger partial charge is 0.422 e. The summed E-state index contributed by atoms with van der Waals surface area (Å²) >= 11 is 0. The molecule has 2 rings (SSSR count). The number of guanidine groups is 1. The molecule has 140 valence electrons. The number of ether oxygens (including phenoxy) is 1. The first-order valence-corrected chi connectivity index (χ1v) is 7.84. The van der Waals surface area contributed by atoms with Gasteiger partial charge in [0.25, 0.3) is 0 Å². The van der Waals surface area contributed by atoms with Crippen LogP contribution in [0.3, 0.4) is 0 Å². The van der Waals surface area contributed by atoms with Crippen molar-refractivity contribution >= 4 is 5.96 Å². The van der Waals surface area contributed by atoms with Crippen molar-refractivity contribution in [3.63, 3.8) is 0 Å². The second kappa shape index (κ2) is 9.07. The molecule has 0 spiro atoms. The molecule has 2 aromatic rings. The molecule has 26 heavy (non-hydrogen) atoms. The topological polar surface area (TPSA) is 45.7 Å². The van der Waals surface area contributed by atoms with Gasteiger partial charge in [-0.15, -0.1) is 0 Å². The van der Waals surface area contributed by atoms with E-state index in [1.165, 1.54) is 18.2 Å². The molecule has 8 heteroatoms. The molecular weight excluding hydrogens is 350 g/mol. The number of hydrogen-bond acceptors (Lipinski definition) is 2. The van der Waals surface area contributed by atoms with E-state index in [9.17, 15) is 17.6 Å². The Hall–Kier alpha value is -2.77. The van der Waals surface area contributed by atoms with Gasteiger partial charge in [0, 0.05) is 25.7 Å². The molecule has 0 amide bonds. The summed E-state index contributed by atoms with van der Waals surface area (Å²) in [6, 6.07) is 12.5. The number of halogens is 4. The van der Waals surface area contributed by atoms with E-state index in [1.54, 1.807) is 37.4 Å². The van der Waals surface area contributed by atoms with Gasteiger partial charge in [0.1, 0.15) is 11.6 Å². The maximum Gasteiger partial charge on any atom is 0.422 e. The molecule has 0 fully saturated rings. The molecule has 2 aromatic carbocycles. The summed E-state index contributed by atoms with van der Waals surface area (Å²) < 4.78 is 54.7. The molecule has 4 nitrogen and oxygen atoms in total. The van der Waals surface area contributed by atoms with Crippen molar-refractivity contribution in [2.24, 2.45) is 4.99 Å². The molecule has 0 aromatic heterocycles. The molecule has 0 bridgehead atoms. The average molecular weight is 369 g/mol. The zero-order chi connectivity index (χ0) is 19.0. The zero-order valence-corrected chi connectivity index (χ0v) is 14.1. The van der Waals surface area contributed by atoms with Crippen molar-refractivity contribution < 1.29 is 22.3 Å². The second-order valence-electron chi connectivity index (χ2n) is 5.42. The number of aliphatic imine (C=N–C) groups is 1. The van der Waals surface area contributed by atoms with E-state index < -0.39 is 12.8 Å². The number of hydrogen-bond donors (Lipinski definition) is 2. The fourth-order valence-electron chi connectivity index (χ4n) is 2.14. The van der Waals surface area contributed by atoms with Gasteiger partial charge >= 0.3 is 6.18 Å². The Morgan fingerprint density at radius 1 is 1.00 bits per heavy atom. The van der Waals surface area contributed by atoms with Crippen LogP contribution in [0.4, 0.5) is 17.6 Å². The van der Waals surface area contributed by atoms with E-state index in [1.807, 2.05) is 0 Å². The zero-order valence-electron chi connectivity index (χ0n) is 14.1. The number of benzene rings is 2. The van der Waals surface area contributed by atoms with Crippen molar-refractivity contribution in [3.8, 4) is 5.75 Å². The van der Waals surface area contributed by atoms with E-state index in [-0.39, 0.29) is 18.1 Å². The first kappa shape index (κ1) is 19.6. The van der Waals surface area contributed by atoms with Crippen LogP contribution in [0.5, 0.6) is 5.75 Å². The first-order valence-electron chi connectivity index (χ1n) is 7.84. The Kier molecular flexibility index (Phi) is 6.82. The lowest BCUT2D eigenvalue weighted by molar-refractivity contribution is -0.153. The van der Waals surface area contributed by atoms with Crippen molar-refractivity contribution in [3.05, 3.63) is 65.5 Å². The minimum atomic E-state index is -4.40. The first-order chi connectivity index (χ1) is 12.4. The molecule has 0 aliphatic heterocycles. The Balaban J connectivity index is 1.90. The van der Waals surface area contributed by atoms with Crippen molar-refractivity contribution in [1.82, 2.24) is 10.6 Å². The SMILES string of the molecule is CN=C(NCc1ccc(F)cc1)NCc1ccccc1OCC(F)(F)F. The highest BCUT2D eigenvalue weighted by Gasteiger charge is 2.28. The maximum absolute atomic E-state index is 12.9. The van der Waals surface area contributed by atoms with Crippen LogP contribution in [-0.4, -0.2) is 25.8 Å². The number of nitrogens with zero attached hydrogens (tertiary/aromatic N) is 1. The fourth-order valence-corrected chi connectivity index (χ4v) is 2.14. The third-order valence-corrected chi connectivity index (χ3v) is 3.41. The van der Waals surface area contributed by atoms with Gasteiger partial charge in [0.2, 0.25) is 0 Å². The Morgan fingerprint density at radius 3 is 2.31 bits per heavy atom. The molecule has 0 saturated carbocycles. The predicted molar refractivity (Wildman–Crippen MR) is 91.4 cm³/mol. The Bertz CT molecular complexity index is 730. The van der Waals surface area contributed by atoms with Crippen molar-refractivity contribution in [1.29, 1.82) is 0 Å². The van der Waals surface area contributed by atoms with Crippen LogP contribution in [0, 0.1) is 5.82 Å². The summed E-state index contributed by atoms with van der Waals surface area (Å²) in [6.07, 6.45) is -4.40. The van der Waals surface area contributed by atoms with E-state index in [0.29, 0.717) is 18.1 Å². The molecule has 2 N–H and O–H groups in total. The van der Waals surface area contributed by atoms with Gasteiger partial charge in [-0.1, -0.05) is 30.3 Å². The van der Waals surface area contributed by atoms with Crippen LogP contribution >= 0.6 is 0 Å². The standard InChI is InChI=1S/C18H19F4N3O/c1-23-17(24-10-13-6-8-15(19)9-7-13)25-11-14-4-2-3-5-16(14)26-12-18(20,21)22/h2-9H,10-12H2,1H3,(H2,23,24,25). The summed E-state index contributed by atoms with van der Waals surface area (Å²) in [7, 11) is 1.58. The van der Waals surface area contributed by atoms with Crippen molar-refractivity contribution in [2.45, 2.75) is 19.3 Å². The molecule has 0 aliphatic rings. The highest BCUT2D eigenvalue weighted by molar-refractivity contribution is 5.79. The van der Waals surface area contributed by atoms with Gasteiger partial charge in [0.05, 0.1) is 0 Å². The van der Waals surface area contributed by atoms with Crippen LogP contribution in [0.15, 0.2) is 53.5 Å². The maximum atomic E-state index is 12.9. The van der Waals surface area contributed by atoms with Gasteiger partial charge in [-0.05, 0) is 23.8 Å². The molecule has 0 heterocycles. The van der Waals surface area contributed by atoms with E-state index in [0.717, 1.165) is 5.56 Å². The summed E-state index contributed by atoms with van der Waals surface area (Å²) in [5, 5.41) is 6.06. The second-order valence-corrected chi connectivity index (χ2v) is 5.42. The largest absolute Gasteiger partial charge is 0.484 e.